The smallest absolute Gasteiger partial charge is 0.449 e. The van der Waals surface area contributed by atoms with E-state index in [1.165, 1.54) is 0 Å². The van der Waals surface area contributed by atoms with Gasteiger partial charge in [0.15, 0.2) is 5.60 Å². The summed E-state index contributed by atoms with van der Waals surface area (Å²) >= 11 is 0. The van der Waals surface area contributed by atoms with Crippen LogP contribution in [0.4, 0.5) is 22.0 Å². The van der Waals surface area contributed by atoms with Crippen LogP contribution >= 0.6 is 0 Å². The summed E-state index contributed by atoms with van der Waals surface area (Å²) < 4.78 is 74.2. The van der Waals surface area contributed by atoms with E-state index < -0.39 is 42.5 Å². The van der Waals surface area contributed by atoms with Crippen LogP contribution in [0.15, 0.2) is 12.2 Å². The number of ether oxygens (including phenoxy) is 2. The van der Waals surface area contributed by atoms with Gasteiger partial charge in [0.2, 0.25) is 0 Å². The molecule has 0 saturated carbocycles. The van der Waals surface area contributed by atoms with Gasteiger partial charge in [0.05, 0.1) is 6.61 Å². The van der Waals surface area contributed by atoms with Crippen molar-refractivity contribution < 1.29 is 41.3 Å². The highest BCUT2D eigenvalue weighted by Crippen LogP contribution is 2.53. The predicted molar refractivity (Wildman–Crippen MR) is 55.8 cm³/mol. The van der Waals surface area contributed by atoms with E-state index in [4.69, 9.17) is 0 Å². The fraction of sp³-hybridized carbons (Fsp3) is 0.727. The van der Waals surface area contributed by atoms with E-state index in [-0.39, 0.29) is 5.57 Å². The predicted octanol–water partition coefficient (Wildman–Crippen LogP) is 2.17. The summed E-state index contributed by atoms with van der Waals surface area (Å²) in [6.07, 6.45) is -6.47. The molecule has 2 unspecified atom stereocenters. The maximum atomic E-state index is 14.0. The molecule has 2 atom stereocenters. The minimum Gasteiger partial charge on any atom is -0.449 e. The first-order valence-electron chi connectivity index (χ1n) is 5.48. The fourth-order valence-corrected chi connectivity index (χ4v) is 1.67. The summed E-state index contributed by atoms with van der Waals surface area (Å²) in [6.45, 7) is 4.05. The van der Waals surface area contributed by atoms with E-state index in [9.17, 15) is 31.9 Å². The molecule has 0 aliphatic carbocycles. The zero-order valence-electron chi connectivity index (χ0n) is 10.7. The number of carbonyl (C=O) groups excluding carboxylic acids is 1. The van der Waals surface area contributed by atoms with E-state index >= 15 is 0 Å². The molecule has 0 aromatic heterocycles. The topological polar surface area (TPSA) is 55.8 Å². The second kappa shape index (κ2) is 4.66. The minimum absolute atomic E-state index is 0.260. The molecule has 1 aliphatic rings. The average molecular weight is 304 g/mol. The number of hydrogen-bond donors (Lipinski definition) is 1. The molecule has 1 aliphatic heterocycles. The number of carbonyl (C=O) groups is 1. The molecule has 0 spiro atoms. The van der Waals surface area contributed by atoms with Crippen LogP contribution in [0.3, 0.4) is 0 Å². The number of esters is 1. The Bertz CT molecular complexity index is 433. The van der Waals surface area contributed by atoms with Gasteiger partial charge in [0, 0.05) is 12.0 Å². The van der Waals surface area contributed by atoms with E-state index in [0.29, 0.717) is 6.92 Å². The van der Waals surface area contributed by atoms with E-state index in [0.717, 1.165) is 6.92 Å². The molecule has 4 nitrogen and oxygen atoms in total. The number of aliphatic hydroxyl groups is 1. The van der Waals surface area contributed by atoms with Gasteiger partial charge in [0.25, 0.3) is 0 Å². The van der Waals surface area contributed by atoms with Gasteiger partial charge < -0.3 is 14.6 Å². The van der Waals surface area contributed by atoms with Crippen molar-refractivity contribution in [3.63, 3.8) is 0 Å². The first-order valence-corrected chi connectivity index (χ1v) is 5.48. The second-order valence-corrected chi connectivity index (χ2v) is 4.72. The van der Waals surface area contributed by atoms with Crippen molar-refractivity contribution >= 4 is 5.97 Å². The van der Waals surface area contributed by atoms with Crippen LogP contribution in [0, 0.1) is 0 Å². The molecule has 0 radical (unpaired) electrons. The lowest BCUT2D eigenvalue weighted by atomic mass is 9.84. The fourth-order valence-electron chi connectivity index (χ4n) is 1.67. The lowest BCUT2D eigenvalue weighted by Crippen LogP contribution is -2.72. The SMILES string of the molecule is C=C(C)C(=O)OC1(C)CCOC(O)(C(F)(F)F)C1(F)F. The lowest BCUT2D eigenvalue weighted by molar-refractivity contribution is -0.469. The Kier molecular flexibility index (Phi) is 3.92. The van der Waals surface area contributed by atoms with Gasteiger partial charge in [-0.1, -0.05) is 6.58 Å². The molecule has 0 aromatic rings. The van der Waals surface area contributed by atoms with Gasteiger partial charge in [-0.05, 0) is 13.8 Å². The van der Waals surface area contributed by atoms with Crippen molar-refractivity contribution in [2.75, 3.05) is 6.61 Å². The zero-order valence-corrected chi connectivity index (χ0v) is 10.7. The minimum atomic E-state index is -5.76. The quantitative estimate of drug-likeness (QED) is 0.482. The van der Waals surface area contributed by atoms with E-state index in [1.807, 2.05) is 0 Å². The summed E-state index contributed by atoms with van der Waals surface area (Å²) in [5, 5.41) is 9.21. The molecule has 0 aromatic carbocycles. The molecule has 20 heavy (non-hydrogen) atoms. The number of halogens is 5. The Morgan fingerprint density at radius 2 is 1.90 bits per heavy atom. The summed E-state index contributed by atoms with van der Waals surface area (Å²) in [5.74, 6) is -10.9. The average Bonchev–Trinajstić information content (AvgIpc) is 2.24. The van der Waals surface area contributed by atoms with Crippen LogP contribution < -0.4 is 0 Å². The van der Waals surface area contributed by atoms with Crippen LogP contribution in [-0.2, 0) is 14.3 Å². The van der Waals surface area contributed by atoms with Gasteiger partial charge in [0.1, 0.15) is 0 Å². The molecule has 0 amide bonds. The van der Waals surface area contributed by atoms with Crippen molar-refractivity contribution in [1.29, 1.82) is 0 Å². The summed E-state index contributed by atoms with van der Waals surface area (Å²) in [4.78, 5) is 11.3. The highest BCUT2D eigenvalue weighted by Gasteiger charge is 2.79. The van der Waals surface area contributed by atoms with Crippen molar-refractivity contribution in [3.05, 3.63) is 12.2 Å². The van der Waals surface area contributed by atoms with Gasteiger partial charge in [-0.3, -0.25) is 0 Å². The lowest BCUT2D eigenvalue weighted by Gasteiger charge is -2.48. The van der Waals surface area contributed by atoms with Gasteiger partial charge in [-0.25, -0.2) is 4.79 Å². The molecule has 1 N–H and O–H groups in total. The maximum Gasteiger partial charge on any atom is 0.449 e. The van der Waals surface area contributed by atoms with Crippen LogP contribution in [0.1, 0.15) is 20.3 Å². The molecular formula is C11H13F5O4. The molecule has 1 heterocycles. The number of hydrogen-bond acceptors (Lipinski definition) is 4. The number of alkyl halides is 5. The Hall–Kier alpha value is -1.22. The Morgan fingerprint density at radius 3 is 2.30 bits per heavy atom. The van der Waals surface area contributed by atoms with Crippen LogP contribution in [0.5, 0.6) is 0 Å². The third-order valence-corrected chi connectivity index (χ3v) is 3.03. The van der Waals surface area contributed by atoms with Gasteiger partial charge in [-0.2, -0.15) is 22.0 Å². The Balaban J connectivity index is 3.23. The molecule has 1 saturated heterocycles. The van der Waals surface area contributed by atoms with Crippen molar-refractivity contribution in [3.8, 4) is 0 Å². The van der Waals surface area contributed by atoms with E-state index in [1.54, 1.807) is 0 Å². The van der Waals surface area contributed by atoms with Crippen LogP contribution in [-0.4, -0.2) is 41.2 Å². The zero-order chi connectivity index (χ0) is 16.0. The van der Waals surface area contributed by atoms with Crippen molar-refractivity contribution in [2.45, 2.75) is 43.8 Å². The normalized spacial score (nSPS) is 33.6. The Morgan fingerprint density at radius 1 is 1.40 bits per heavy atom. The molecule has 1 rings (SSSR count). The summed E-state index contributed by atoms with van der Waals surface area (Å²) in [6, 6.07) is 0. The number of rotatable bonds is 2. The van der Waals surface area contributed by atoms with E-state index in [2.05, 4.69) is 16.1 Å². The second-order valence-electron chi connectivity index (χ2n) is 4.72. The molecule has 9 heteroatoms. The van der Waals surface area contributed by atoms with Gasteiger partial charge >= 0.3 is 23.9 Å². The monoisotopic (exact) mass is 304 g/mol. The first kappa shape index (κ1) is 16.8. The third kappa shape index (κ3) is 2.28. The van der Waals surface area contributed by atoms with Crippen LogP contribution in [0.25, 0.3) is 0 Å². The third-order valence-electron chi connectivity index (χ3n) is 3.03. The standard InChI is InChI=1S/C11H13F5O4/c1-6(2)7(17)20-8(3)4-5-19-10(18,9(8,12)13)11(14,15)16/h18H,1,4-5H2,2-3H3. The Labute approximate surface area is 111 Å². The first-order chi connectivity index (χ1) is 8.78. The molecule has 116 valence electrons. The highest BCUT2D eigenvalue weighted by atomic mass is 19.4. The summed E-state index contributed by atoms with van der Waals surface area (Å²) in [7, 11) is 0. The summed E-state index contributed by atoms with van der Waals surface area (Å²) in [5.41, 5.74) is -3.13. The molecule has 0 bridgehead atoms. The maximum absolute atomic E-state index is 14.0. The molecular weight excluding hydrogens is 291 g/mol. The van der Waals surface area contributed by atoms with Crippen molar-refractivity contribution in [1.82, 2.24) is 0 Å². The van der Waals surface area contributed by atoms with Gasteiger partial charge in [-0.15, -0.1) is 0 Å². The van der Waals surface area contributed by atoms with Crippen LogP contribution in [0.2, 0.25) is 0 Å². The largest absolute Gasteiger partial charge is 0.449 e. The molecule has 1 fully saturated rings. The van der Waals surface area contributed by atoms with Crippen molar-refractivity contribution in [2.24, 2.45) is 0 Å². The highest BCUT2D eigenvalue weighted by molar-refractivity contribution is 5.87.